The number of nitro groups is 1. The van der Waals surface area contributed by atoms with Gasteiger partial charge < -0.3 is 4.90 Å². The summed E-state index contributed by atoms with van der Waals surface area (Å²) in [4.78, 5) is 30.0. The molecule has 3 rings (SSSR count). The zero-order valence-corrected chi connectivity index (χ0v) is 15.3. The first-order valence-corrected chi connectivity index (χ1v) is 8.86. The highest BCUT2D eigenvalue weighted by molar-refractivity contribution is 7.16. The van der Waals surface area contributed by atoms with E-state index in [2.05, 4.69) is 10.1 Å². The lowest BCUT2D eigenvalue weighted by molar-refractivity contribution is -0.384. The molecule has 0 unspecified atom stereocenters. The van der Waals surface area contributed by atoms with Crippen LogP contribution in [0, 0.1) is 10.1 Å². The molecular formula is C16H14ClN5O3S. The van der Waals surface area contributed by atoms with E-state index in [0.717, 1.165) is 4.88 Å². The van der Waals surface area contributed by atoms with Crippen molar-refractivity contribution in [1.82, 2.24) is 19.7 Å². The van der Waals surface area contributed by atoms with Crippen LogP contribution in [-0.4, -0.2) is 37.0 Å². The number of nitro benzene ring substituents is 1. The van der Waals surface area contributed by atoms with Crippen LogP contribution < -0.4 is 0 Å². The van der Waals surface area contributed by atoms with E-state index in [9.17, 15) is 14.9 Å². The van der Waals surface area contributed by atoms with E-state index in [1.54, 1.807) is 17.0 Å². The molecule has 0 aliphatic rings. The number of halogens is 1. The lowest BCUT2D eigenvalue weighted by Gasteiger charge is -2.20. The van der Waals surface area contributed by atoms with Crippen molar-refractivity contribution in [1.29, 1.82) is 0 Å². The molecule has 2 heterocycles. The quantitative estimate of drug-likeness (QED) is 0.473. The SMILES string of the molecule is CCN(Cc1ccc(Cl)s1)C(=O)c1ccc(-n2cncn2)c([N+](=O)[O-])c1. The van der Waals surface area contributed by atoms with Crippen molar-refractivity contribution < 1.29 is 9.72 Å². The highest BCUT2D eigenvalue weighted by Gasteiger charge is 2.22. The van der Waals surface area contributed by atoms with Crippen molar-refractivity contribution in [3.8, 4) is 5.69 Å². The smallest absolute Gasteiger partial charge is 0.295 e. The summed E-state index contributed by atoms with van der Waals surface area (Å²) in [5, 5.41) is 15.3. The Labute approximate surface area is 157 Å². The molecule has 0 bridgehead atoms. The maximum Gasteiger partial charge on any atom is 0.295 e. The molecule has 0 aliphatic carbocycles. The fourth-order valence-electron chi connectivity index (χ4n) is 2.46. The zero-order chi connectivity index (χ0) is 18.7. The van der Waals surface area contributed by atoms with Crippen molar-refractivity contribution in [2.24, 2.45) is 0 Å². The topological polar surface area (TPSA) is 94.2 Å². The van der Waals surface area contributed by atoms with Gasteiger partial charge in [0, 0.05) is 23.1 Å². The minimum absolute atomic E-state index is 0.212. The normalized spacial score (nSPS) is 10.7. The van der Waals surface area contributed by atoms with E-state index in [-0.39, 0.29) is 22.8 Å². The van der Waals surface area contributed by atoms with E-state index in [1.165, 1.54) is 40.8 Å². The number of carbonyl (C=O) groups excluding carboxylic acids is 1. The highest BCUT2D eigenvalue weighted by atomic mass is 35.5. The van der Waals surface area contributed by atoms with Gasteiger partial charge in [0.05, 0.1) is 15.8 Å². The Bertz CT molecular complexity index is 941. The molecule has 134 valence electrons. The first-order chi connectivity index (χ1) is 12.5. The molecule has 1 amide bonds. The van der Waals surface area contributed by atoms with Gasteiger partial charge >= 0.3 is 0 Å². The molecule has 3 aromatic rings. The van der Waals surface area contributed by atoms with Gasteiger partial charge in [-0.3, -0.25) is 14.9 Å². The zero-order valence-electron chi connectivity index (χ0n) is 13.7. The van der Waals surface area contributed by atoms with Gasteiger partial charge in [0.2, 0.25) is 0 Å². The summed E-state index contributed by atoms with van der Waals surface area (Å²) in [7, 11) is 0. The number of carbonyl (C=O) groups is 1. The largest absolute Gasteiger partial charge is 0.334 e. The second kappa shape index (κ2) is 7.63. The van der Waals surface area contributed by atoms with Gasteiger partial charge in [-0.25, -0.2) is 9.67 Å². The van der Waals surface area contributed by atoms with Gasteiger partial charge in [-0.2, -0.15) is 5.10 Å². The number of hydrogen-bond acceptors (Lipinski definition) is 6. The number of hydrogen-bond donors (Lipinski definition) is 0. The van der Waals surface area contributed by atoms with E-state index in [4.69, 9.17) is 11.6 Å². The molecule has 2 aromatic heterocycles. The Morgan fingerprint density at radius 2 is 2.19 bits per heavy atom. The summed E-state index contributed by atoms with van der Waals surface area (Å²) in [6.07, 6.45) is 2.65. The molecule has 0 spiro atoms. The lowest BCUT2D eigenvalue weighted by atomic mass is 10.1. The van der Waals surface area contributed by atoms with Crippen molar-refractivity contribution in [3.63, 3.8) is 0 Å². The summed E-state index contributed by atoms with van der Waals surface area (Å²) in [5.41, 5.74) is 0.277. The lowest BCUT2D eigenvalue weighted by Crippen LogP contribution is -2.30. The van der Waals surface area contributed by atoms with Crippen molar-refractivity contribution in [3.05, 3.63) is 67.9 Å². The Morgan fingerprint density at radius 1 is 1.38 bits per heavy atom. The van der Waals surface area contributed by atoms with Gasteiger partial charge in [0.15, 0.2) is 0 Å². The van der Waals surface area contributed by atoms with E-state index < -0.39 is 4.92 Å². The summed E-state index contributed by atoms with van der Waals surface area (Å²) >= 11 is 7.33. The molecule has 10 heteroatoms. The Hall–Kier alpha value is -2.78. The maximum absolute atomic E-state index is 12.8. The average Bonchev–Trinajstić information content (AvgIpc) is 3.30. The van der Waals surface area contributed by atoms with Crippen LogP contribution in [0.2, 0.25) is 4.34 Å². The fourth-order valence-corrected chi connectivity index (χ4v) is 3.57. The molecule has 0 N–H and O–H groups in total. The van der Waals surface area contributed by atoms with E-state index >= 15 is 0 Å². The second-order valence-corrected chi connectivity index (χ2v) is 7.13. The molecule has 26 heavy (non-hydrogen) atoms. The summed E-state index contributed by atoms with van der Waals surface area (Å²) < 4.78 is 1.94. The Morgan fingerprint density at radius 3 is 2.77 bits per heavy atom. The van der Waals surface area contributed by atoms with Crippen LogP contribution in [0.25, 0.3) is 5.69 Å². The van der Waals surface area contributed by atoms with E-state index in [0.29, 0.717) is 17.4 Å². The van der Waals surface area contributed by atoms with Gasteiger partial charge in [0.1, 0.15) is 18.3 Å². The van der Waals surface area contributed by atoms with Crippen molar-refractivity contribution in [2.45, 2.75) is 13.5 Å². The molecular weight excluding hydrogens is 378 g/mol. The predicted molar refractivity (Wildman–Crippen MR) is 97.8 cm³/mol. The second-order valence-electron chi connectivity index (χ2n) is 5.33. The highest BCUT2D eigenvalue weighted by Crippen LogP contribution is 2.26. The predicted octanol–water partition coefficient (Wildman–Crippen LogP) is 3.55. The molecule has 0 saturated heterocycles. The van der Waals surface area contributed by atoms with Crippen LogP contribution in [0.4, 0.5) is 5.69 Å². The van der Waals surface area contributed by atoms with Crippen LogP contribution in [-0.2, 0) is 6.54 Å². The number of rotatable bonds is 6. The van der Waals surface area contributed by atoms with Gasteiger partial charge in [-0.1, -0.05) is 11.6 Å². The minimum Gasteiger partial charge on any atom is -0.334 e. The summed E-state index contributed by atoms with van der Waals surface area (Å²) in [6, 6.07) is 7.95. The molecule has 0 atom stereocenters. The van der Waals surface area contributed by atoms with Crippen molar-refractivity contribution >= 4 is 34.5 Å². The number of benzene rings is 1. The van der Waals surface area contributed by atoms with Crippen LogP contribution in [0.3, 0.4) is 0 Å². The molecule has 0 radical (unpaired) electrons. The molecule has 0 fully saturated rings. The molecule has 0 aliphatic heterocycles. The number of nitrogens with zero attached hydrogens (tertiary/aromatic N) is 5. The Kier molecular flexibility index (Phi) is 5.29. The van der Waals surface area contributed by atoms with Crippen molar-refractivity contribution in [2.75, 3.05) is 6.54 Å². The minimum atomic E-state index is -0.539. The van der Waals surface area contributed by atoms with Crippen LogP contribution in [0.5, 0.6) is 0 Å². The standard InChI is InChI=1S/C16H14ClN5O3S/c1-2-20(8-12-4-6-15(17)26-12)16(23)11-3-5-13(14(7-11)22(24)25)21-10-18-9-19-21/h3-7,9-10H,2,8H2,1H3. The monoisotopic (exact) mass is 391 g/mol. The molecule has 1 aromatic carbocycles. The number of thiophene rings is 1. The third-order valence-electron chi connectivity index (χ3n) is 3.73. The fraction of sp³-hybridized carbons (Fsp3) is 0.188. The Balaban J connectivity index is 1.91. The van der Waals surface area contributed by atoms with E-state index in [1.807, 2.05) is 13.0 Å². The first kappa shape index (κ1) is 18.0. The maximum atomic E-state index is 12.8. The molecule has 0 saturated carbocycles. The van der Waals surface area contributed by atoms with Gasteiger partial charge in [-0.15, -0.1) is 11.3 Å². The van der Waals surface area contributed by atoms with Crippen LogP contribution in [0.1, 0.15) is 22.2 Å². The molecule has 8 nitrogen and oxygen atoms in total. The third kappa shape index (κ3) is 3.73. The van der Waals surface area contributed by atoms with Crippen LogP contribution >= 0.6 is 22.9 Å². The number of amides is 1. The first-order valence-electron chi connectivity index (χ1n) is 7.66. The third-order valence-corrected chi connectivity index (χ3v) is 4.95. The number of aromatic nitrogens is 3. The van der Waals surface area contributed by atoms with Gasteiger partial charge in [0.25, 0.3) is 11.6 Å². The summed E-state index contributed by atoms with van der Waals surface area (Å²) in [5.74, 6) is -0.287. The van der Waals surface area contributed by atoms with Crippen LogP contribution in [0.15, 0.2) is 43.0 Å². The van der Waals surface area contributed by atoms with Gasteiger partial charge in [-0.05, 0) is 31.2 Å². The average molecular weight is 392 g/mol. The summed E-state index contributed by atoms with van der Waals surface area (Å²) in [6.45, 7) is 2.71.